The predicted octanol–water partition coefficient (Wildman–Crippen LogP) is 15.6. The van der Waals surface area contributed by atoms with Gasteiger partial charge in [0.15, 0.2) is 0 Å². The van der Waals surface area contributed by atoms with Crippen LogP contribution in [0.1, 0.15) is 229 Å². The molecule has 0 aromatic heterocycles. The molecule has 12 nitrogen and oxygen atoms in total. The zero-order valence-corrected chi connectivity index (χ0v) is 46.5. The largest absolute Gasteiger partial charge is 0.426 e. The van der Waals surface area contributed by atoms with E-state index < -0.39 is 0 Å². The molecule has 2 aromatic carbocycles. The standard InChI is InChI=1S/C31H50O6.C28H44O6/c1-8-11-22(4)14-17-29(32)35-26-20-27(36-30(33)18-15-23(5)12-9-2)25(7)28(21-26)37-31(34)19-16-24(6)13-10-3;1-8-19(4)11-14-26(29)32-23-17-24(33-27(30)15-12-20(5)9-2)22(7)25(18-23)34-28(31)16-13-21(6)10-3/h20-24H,8-19H2,1-7H3;17-21H,8-16H2,1-7H3. The summed E-state index contributed by atoms with van der Waals surface area (Å²) in [6.07, 6.45) is 15.6. The van der Waals surface area contributed by atoms with E-state index in [9.17, 15) is 28.8 Å². The van der Waals surface area contributed by atoms with Crippen molar-refractivity contribution in [1.29, 1.82) is 0 Å². The molecule has 0 spiro atoms. The first-order valence-corrected chi connectivity index (χ1v) is 27.2. The highest BCUT2D eigenvalue weighted by atomic mass is 16.6. The lowest BCUT2D eigenvalue weighted by molar-refractivity contribution is -0.136. The Kier molecular flexibility index (Phi) is 32.8. The van der Waals surface area contributed by atoms with E-state index in [-0.39, 0.29) is 89.6 Å². The quantitative estimate of drug-likeness (QED) is 0.0493. The summed E-state index contributed by atoms with van der Waals surface area (Å²) >= 11 is 0. The Morgan fingerprint density at radius 2 is 0.521 bits per heavy atom. The monoisotopic (exact) mass is 995 g/mol. The molecule has 0 N–H and O–H groups in total. The molecule has 71 heavy (non-hydrogen) atoms. The maximum Gasteiger partial charge on any atom is 0.311 e. The van der Waals surface area contributed by atoms with Crippen molar-refractivity contribution in [3.05, 3.63) is 35.4 Å². The first-order chi connectivity index (χ1) is 33.7. The van der Waals surface area contributed by atoms with Gasteiger partial charge in [-0.05, 0) is 87.9 Å². The Balaban J connectivity index is 0.000000713. The molecule has 12 heteroatoms. The minimum absolute atomic E-state index is 0.203. The number of esters is 6. The van der Waals surface area contributed by atoms with Crippen molar-refractivity contribution in [1.82, 2.24) is 0 Å². The highest BCUT2D eigenvalue weighted by Crippen LogP contribution is 2.36. The second kappa shape index (κ2) is 36.2. The Morgan fingerprint density at radius 1 is 0.324 bits per heavy atom. The third-order valence-corrected chi connectivity index (χ3v) is 13.4. The van der Waals surface area contributed by atoms with Crippen LogP contribution in [0.25, 0.3) is 0 Å². The first-order valence-electron chi connectivity index (χ1n) is 27.2. The van der Waals surface area contributed by atoms with Crippen molar-refractivity contribution in [3.63, 3.8) is 0 Å². The first kappa shape index (κ1) is 64.3. The zero-order valence-electron chi connectivity index (χ0n) is 46.5. The van der Waals surface area contributed by atoms with Crippen molar-refractivity contribution in [3.8, 4) is 34.5 Å². The number of hydrogen-bond donors (Lipinski definition) is 0. The highest BCUT2D eigenvalue weighted by molar-refractivity contribution is 5.78. The molecule has 6 atom stereocenters. The molecule has 0 radical (unpaired) electrons. The van der Waals surface area contributed by atoms with Crippen LogP contribution in [0.5, 0.6) is 34.5 Å². The molecule has 0 saturated heterocycles. The lowest BCUT2D eigenvalue weighted by Crippen LogP contribution is -2.14. The maximum absolute atomic E-state index is 12.6. The molecule has 0 aliphatic carbocycles. The van der Waals surface area contributed by atoms with E-state index in [0.29, 0.717) is 65.9 Å². The smallest absolute Gasteiger partial charge is 0.311 e. The summed E-state index contributed by atoms with van der Waals surface area (Å²) in [4.78, 5) is 74.9. The van der Waals surface area contributed by atoms with Gasteiger partial charge in [0.1, 0.15) is 34.5 Å². The average molecular weight is 995 g/mol. The molecule has 0 bridgehead atoms. The molecule has 6 unspecified atom stereocenters. The van der Waals surface area contributed by atoms with Crippen LogP contribution in [0.3, 0.4) is 0 Å². The van der Waals surface area contributed by atoms with Crippen LogP contribution in [0, 0.1) is 49.4 Å². The fourth-order valence-corrected chi connectivity index (χ4v) is 7.59. The fraction of sp³-hybridized carbons (Fsp3) is 0.695. The van der Waals surface area contributed by atoms with Gasteiger partial charge in [0.25, 0.3) is 0 Å². The minimum atomic E-state index is -0.368. The predicted molar refractivity (Wildman–Crippen MR) is 282 cm³/mol. The minimum Gasteiger partial charge on any atom is -0.426 e. The Morgan fingerprint density at radius 3 is 0.718 bits per heavy atom. The van der Waals surface area contributed by atoms with Gasteiger partial charge < -0.3 is 28.4 Å². The summed E-state index contributed by atoms with van der Waals surface area (Å²) in [6, 6.07) is 6.12. The summed E-state index contributed by atoms with van der Waals surface area (Å²) in [7, 11) is 0. The van der Waals surface area contributed by atoms with E-state index >= 15 is 0 Å². The summed E-state index contributed by atoms with van der Waals surface area (Å²) in [5.41, 5.74) is 1.05. The van der Waals surface area contributed by atoms with Gasteiger partial charge in [-0.2, -0.15) is 0 Å². The van der Waals surface area contributed by atoms with Crippen LogP contribution in [0.15, 0.2) is 24.3 Å². The van der Waals surface area contributed by atoms with Crippen LogP contribution in [-0.2, 0) is 28.8 Å². The fourth-order valence-electron chi connectivity index (χ4n) is 7.59. The molecule has 402 valence electrons. The van der Waals surface area contributed by atoms with Crippen LogP contribution >= 0.6 is 0 Å². The van der Waals surface area contributed by atoms with Gasteiger partial charge in [-0.15, -0.1) is 0 Å². The number of carbonyl (C=O) groups is 6. The van der Waals surface area contributed by atoms with Gasteiger partial charge in [0, 0.05) is 73.9 Å². The summed E-state index contributed by atoms with van der Waals surface area (Å²) in [5, 5.41) is 0. The van der Waals surface area contributed by atoms with Crippen molar-refractivity contribution in [2.75, 3.05) is 0 Å². The van der Waals surface area contributed by atoms with Crippen LogP contribution < -0.4 is 28.4 Å². The molecule has 0 amide bonds. The molecule has 0 aliphatic rings. The Hall–Kier alpha value is -4.74. The van der Waals surface area contributed by atoms with E-state index in [1.54, 1.807) is 13.8 Å². The molecular weight excluding hydrogens is 901 g/mol. The molecule has 0 heterocycles. The third kappa shape index (κ3) is 28.2. The van der Waals surface area contributed by atoms with E-state index in [1.165, 1.54) is 24.3 Å². The van der Waals surface area contributed by atoms with Crippen LogP contribution in [-0.4, -0.2) is 35.8 Å². The number of benzene rings is 2. The second-order valence-electron chi connectivity index (χ2n) is 20.4. The molecule has 0 aliphatic heterocycles. The topological polar surface area (TPSA) is 158 Å². The lowest BCUT2D eigenvalue weighted by Gasteiger charge is -2.16. The molecular formula is C59H94O12. The van der Waals surface area contributed by atoms with E-state index in [0.717, 1.165) is 96.3 Å². The summed E-state index contributed by atoms with van der Waals surface area (Å²) < 4.78 is 33.6. The van der Waals surface area contributed by atoms with E-state index in [1.807, 2.05) is 0 Å². The maximum atomic E-state index is 12.6. The van der Waals surface area contributed by atoms with Gasteiger partial charge in [-0.3, -0.25) is 28.8 Å². The summed E-state index contributed by atoms with van der Waals surface area (Å²) in [5.74, 6) is 1.83. The average Bonchev–Trinajstić information content (AvgIpc) is 3.32. The van der Waals surface area contributed by atoms with Crippen molar-refractivity contribution in [2.24, 2.45) is 35.5 Å². The molecule has 2 aromatic rings. The summed E-state index contributed by atoms with van der Waals surface area (Å²) in [6.45, 7) is 28.8. The van der Waals surface area contributed by atoms with E-state index in [2.05, 4.69) is 83.1 Å². The van der Waals surface area contributed by atoms with Gasteiger partial charge in [-0.25, -0.2) is 0 Å². The molecule has 2 rings (SSSR count). The van der Waals surface area contributed by atoms with Gasteiger partial charge in [-0.1, -0.05) is 141 Å². The number of ether oxygens (including phenoxy) is 6. The molecule has 0 fully saturated rings. The second-order valence-corrected chi connectivity index (χ2v) is 20.4. The number of hydrogen-bond acceptors (Lipinski definition) is 12. The van der Waals surface area contributed by atoms with Crippen molar-refractivity contribution < 1.29 is 57.2 Å². The van der Waals surface area contributed by atoms with Crippen molar-refractivity contribution >= 4 is 35.8 Å². The highest BCUT2D eigenvalue weighted by Gasteiger charge is 2.22. The lowest BCUT2D eigenvalue weighted by atomic mass is 10.0. The van der Waals surface area contributed by atoms with Gasteiger partial charge in [0.2, 0.25) is 0 Å². The Labute approximate surface area is 428 Å². The number of rotatable bonds is 33. The molecule has 0 saturated carbocycles. The third-order valence-electron chi connectivity index (χ3n) is 13.4. The normalized spacial score (nSPS) is 13.5. The SMILES string of the molecule is CCC(C)CCC(=O)Oc1cc(OC(=O)CCC(C)CC)c(C)c(OC(=O)CCC(C)CC)c1.CCCC(C)CCC(=O)Oc1cc(OC(=O)CCC(C)CCC)c(C)c(OC(=O)CCC(C)CCC)c1. The van der Waals surface area contributed by atoms with Gasteiger partial charge in [0.05, 0.1) is 0 Å². The van der Waals surface area contributed by atoms with Crippen LogP contribution in [0.2, 0.25) is 0 Å². The number of carbonyl (C=O) groups excluding carboxylic acids is 6. The van der Waals surface area contributed by atoms with E-state index in [4.69, 9.17) is 28.4 Å². The zero-order chi connectivity index (χ0) is 53.5. The Bertz CT molecular complexity index is 1820. The van der Waals surface area contributed by atoms with Gasteiger partial charge >= 0.3 is 35.8 Å². The van der Waals surface area contributed by atoms with Crippen molar-refractivity contribution in [2.45, 2.75) is 232 Å². The van der Waals surface area contributed by atoms with Crippen LogP contribution in [0.4, 0.5) is 0 Å².